The molecule has 1 aromatic heterocycles. The number of aliphatic imine (C=N–C) groups is 1. The van der Waals surface area contributed by atoms with Gasteiger partial charge in [-0.05, 0) is 61.1 Å². The summed E-state index contributed by atoms with van der Waals surface area (Å²) in [5, 5.41) is 10.1. The zero-order valence-corrected chi connectivity index (χ0v) is 17.7. The minimum atomic E-state index is -0.137. The van der Waals surface area contributed by atoms with Gasteiger partial charge in [-0.25, -0.2) is 0 Å². The van der Waals surface area contributed by atoms with Crippen LogP contribution in [0.5, 0.6) is 5.75 Å². The van der Waals surface area contributed by atoms with E-state index in [2.05, 4.69) is 12.1 Å². The van der Waals surface area contributed by atoms with Gasteiger partial charge in [0.25, 0.3) is 0 Å². The van der Waals surface area contributed by atoms with E-state index in [-0.39, 0.29) is 5.54 Å². The number of ether oxygens (including phenoxy) is 1. The first-order valence-electron chi connectivity index (χ1n) is 9.35. The first-order chi connectivity index (χ1) is 13.1. The molecule has 1 unspecified atom stereocenters. The van der Waals surface area contributed by atoms with E-state index in [0.717, 1.165) is 37.0 Å². The number of aryl methyl sites for hydroxylation is 1. The highest BCUT2D eigenvalue weighted by molar-refractivity contribution is 8.13. The Morgan fingerprint density at radius 3 is 2.78 bits per heavy atom. The van der Waals surface area contributed by atoms with Gasteiger partial charge in [-0.15, -0.1) is 11.3 Å². The second kappa shape index (κ2) is 8.37. The van der Waals surface area contributed by atoms with Gasteiger partial charge < -0.3 is 10.5 Å². The SMILES string of the molecule is CC.COc1ccc(-c2cc3c(s2)CCCC32CCSC(N)=N2)cc1C#N. The number of thiophene rings is 1. The summed E-state index contributed by atoms with van der Waals surface area (Å²) in [4.78, 5) is 7.48. The van der Waals surface area contributed by atoms with Crippen molar-refractivity contribution in [3.63, 3.8) is 0 Å². The second-order valence-electron chi connectivity index (χ2n) is 6.41. The van der Waals surface area contributed by atoms with Gasteiger partial charge >= 0.3 is 0 Å². The number of methoxy groups -OCH3 is 1. The number of amidine groups is 1. The fourth-order valence-electron chi connectivity index (χ4n) is 3.77. The predicted molar refractivity (Wildman–Crippen MR) is 116 cm³/mol. The lowest BCUT2D eigenvalue weighted by atomic mass is 9.78. The van der Waals surface area contributed by atoms with Crippen molar-refractivity contribution in [2.24, 2.45) is 10.7 Å². The summed E-state index contributed by atoms with van der Waals surface area (Å²) in [6.07, 6.45) is 4.38. The molecule has 4 rings (SSSR count). The Labute approximate surface area is 169 Å². The summed E-state index contributed by atoms with van der Waals surface area (Å²) in [6, 6.07) is 10.3. The van der Waals surface area contributed by atoms with Crippen LogP contribution in [0.2, 0.25) is 0 Å². The van der Waals surface area contributed by atoms with Gasteiger partial charge in [0.1, 0.15) is 11.8 Å². The van der Waals surface area contributed by atoms with Crippen molar-refractivity contribution < 1.29 is 4.74 Å². The van der Waals surface area contributed by atoms with Crippen LogP contribution in [0.25, 0.3) is 10.4 Å². The summed E-state index contributed by atoms with van der Waals surface area (Å²) < 4.78 is 5.26. The first kappa shape index (κ1) is 19.8. The van der Waals surface area contributed by atoms with Gasteiger partial charge in [-0.1, -0.05) is 25.6 Å². The Kier molecular flexibility index (Phi) is 6.13. The van der Waals surface area contributed by atoms with Crippen LogP contribution >= 0.6 is 23.1 Å². The number of nitrogens with zero attached hydrogens (tertiary/aromatic N) is 2. The number of hydrogen-bond acceptors (Lipinski definition) is 6. The van der Waals surface area contributed by atoms with Crippen LogP contribution < -0.4 is 10.5 Å². The molecular formula is C21H25N3OS2. The number of hydrogen-bond donors (Lipinski definition) is 1. The van der Waals surface area contributed by atoms with E-state index in [4.69, 9.17) is 15.5 Å². The van der Waals surface area contributed by atoms with Gasteiger partial charge in [-0.2, -0.15) is 5.26 Å². The van der Waals surface area contributed by atoms with Crippen LogP contribution in [0.15, 0.2) is 29.3 Å². The quantitative estimate of drug-likeness (QED) is 0.743. The largest absolute Gasteiger partial charge is 0.495 e. The van der Waals surface area contributed by atoms with Gasteiger partial charge in [0.05, 0.1) is 18.2 Å². The molecule has 0 radical (unpaired) electrons. The summed E-state index contributed by atoms with van der Waals surface area (Å²) in [7, 11) is 1.59. The molecule has 27 heavy (non-hydrogen) atoms. The lowest BCUT2D eigenvalue weighted by Crippen LogP contribution is -2.34. The zero-order valence-electron chi connectivity index (χ0n) is 16.0. The maximum absolute atomic E-state index is 9.35. The normalized spacial score (nSPS) is 20.7. The monoisotopic (exact) mass is 399 g/mol. The molecule has 1 aliphatic carbocycles. The van der Waals surface area contributed by atoms with Crippen molar-refractivity contribution in [3.8, 4) is 22.3 Å². The minimum absolute atomic E-state index is 0.137. The Morgan fingerprint density at radius 2 is 2.07 bits per heavy atom. The average Bonchev–Trinajstić information content (AvgIpc) is 3.15. The molecule has 1 aromatic carbocycles. The van der Waals surface area contributed by atoms with Crippen molar-refractivity contribution in [2.75, 3.05) is 12.9 Å². The van der Waals surface area contributed by atoms with E-state index in [9.17, 15) is 5.26 Å². The van der Waals surface area contributed by atoms with E-state index in [0.29, 0.717) is 16.5 Å². The number of thioether (sulfide) groups is 1. The topological polar surface area (TPSA) is 71.4 Å². The smallest absolute Gasteiger partial charge is 0.154 e. The summed E-state index contributed by atoms with van der Waals surface area (Å²) in [6.45, 7) is 4.00. The highest BCUT2D eigenvalue weighted by atomic mass is 32.2. The molecule has 0 saturated heterocycles. The Bertz CT molecular complexity index is 897. The summed E-state index contributed by atoms with van der Waals surface area (Å²) in [5.41, 5.74) is 8.89. The van der Waals surface area contributed by atoms with Crippen LogP contribution in [0, 0.1) is 11.3 Å². The molecule has 0 amide bonds. The molecule has 2 aliphatic rings. The molecule has 6 heteroatoms. The Hall–Kier alpha value is -1.97. The summed E-state index contributed by atoms with van der Waals surface area (Å²) in [5.74, 6) is 1.65. The highest BCUT2D eigenvalue weighted by Gasteiger charge is 2.39. The first-order valence-corrected chi connectivity index (χ1v) is 11.2. The molecule has 0 fully saturated rings. The lowest BCUT2D eigenvalue weighted by Gasteiger charge is -2.36. The van der Waals surface area contributed by atoms with E-state index in [1.54, 1.807) is 18.9 Å². The number of benzene rings is 1. The second-order valence-corrected chi connectivity index (χ2v) is 8.66. The molecule has 1 spiro atoms. The fraction of sp³-hybridized carbons (Fsp3) is 0.429. The Balaban J connectivity index is 0.00000102. The van der Waals surface area contributed by atoms with Gasteiger partial charge in [-0.3, -0.25) is 4.99 Å². The molecule has 2 N–H and O–H groups in total. The third kappa shape index (κ3) is 3.71. The third-order valence-electron chi connectivity index (χ3n) is 5.00. The minimum Gasteiger partial charge on any atom is -0.495 e. The van der Waals surface area contributed by atoms with Crippen LogP contribution in [-0.2, 0) is 12.0 Å². The van der Waals surface area contributed by atoms with Crippen molar-refractivity contribution in [3.05, 3.63) is 40.3 Å². The molecule has 1 aliphatic heterocycles. The van der Waals surface area contributed by atoms with Crippen molar-refractivity contribution in [1.82, 2.24) is 0 Å². The highest BCUT2D eigenvalue weighted by Crippen LogP contribution is 2.49. The van der Waals surface area contributed by atoms with Gasteiger partial charge in [0.2, 0.25) is 0 Å². The molecular weight excluding hydrogens is 374 g/mol. The standard InChI is InChI=1S/C19H19N3OS2.C2H6/c1-23-15-5-4-12(9-13(15)11-20)17-10-14-16(25-17)3-2-6-19(14)7-8-24-18(21)22-19;1-2/h4-5,9-10H,2-3,6-8H2,1H3,(H2,21,22);1-2H3. The van der Waals surface area contributed by atoms with E-state index in [1.807, 2.05) is 43.4 Å². The zero-order chi connectivity index (χ0) is 19.4. The molecule has 2 aromatic rings. The van der Waals surface area contributed by atoms with Crippen LogP contribution in [-0.4, -0.2) is 18.0 Å². The Morgan fingerprint density at radius 1 is 1.26 bits per heavy atom. The number of nitrogens with two attached hydrogens (primary N) is 1. The van der Waals surface area contributed by atoms with Gasteiger partial charge in [0, 0.05) is 15.5 Å². The average molecular weight is 400 g/mol. The molecule has 0 bridgehead atoms. The lowest BCUT2D eigenvalue weighted by molar-refractivity contribution is 0.368. The van der Waals surface area contributed by atoms with Crippen LogP contribution in [0.1, 0.15) is 49.1 Å². The van der Waals surface area contributed by atoms with Crippen LogP contribution in [0.3, 0.4) is 0 Å². The molecule has 2 heterocycles. The summed E-state index contributed by atoms with van der Waals surface area (Å²) >= 11 is 3.48. The fourth-order valence-corrected chi connectivity index (χ4v) is 5.96. The maximum Gasteiger partial charge on any atom is 0.154 e. The van der Waals surface area contributed by atoms with E-state index in [1.165, 1.54) is 15.3 Å². The molecule has 0 saturated carbocycles. The molecule has 1 atom stereocenters. The predicted octanol–water partition coefficient (Wildman–Crippen LogP) is 5.30. The number of fused-ring (bicyclic) bond motifs is 2. The van der Waals surface area contributed by atoms with Gasteiger partial charge in [0.15, 0.2) is 5.17 Å². The maximum atomic E-state index is 9.35. The van der Waals surface area contributed by atoms with Crippen LogP contribution in [0.4, 0.5) is 0 Å². The number of rotatable bonds is 2. The molecule has 4 nitrogen and oxygen atoms in total. The van der Waals surface area contributed by atoms with E-state index >= 15 is 0 Å². The van der Waals surface area contributed by atoms with Crippen molar-refractivity contribution >= 4 is 28.3 Å². The van der Waals surface area contributed by atoms with Crippen molar-refractivity contribution in [1.29, 1.82) is 5.26 Å². The molecule has 142 valence electrons. The number of nitriles is 1. The third-order valence-corrected chi connectivity index (χ3v) is 7.04. The van der Waals surface area contributed by atoms with Crippen molar-refractivity contribution in [2.45, 2.75) is 45.1 Å². The van der Waals surface area contributed by atoms with E-state index < -0.39 is 0 Å².